The lowest BCUT2D eigenvalue weighted by atomic mass is 10.1. The molecule has 94 valence electrons. The molecule has 1 aromatic rings. The summed E-state index contributed by atoms with van der Waals surface area (Å²) in [6.45, 7) is 2.67. The van der Waals surface area contributed by atoms with Gasteiger partial charge in [0.2, 0.25) is 0 Å². The van der Waals surface area contributed by atoms with E-state index in [4.69, 9.17) is 5.11 Å². The van der Waals surface area contributed by atoms with Crippen molar-refractivity contribution in [3.63, 3.8) is 0 Å². The van der Waals surface area contributed by atoms with Gasteiger partial charge in [-0.05, 0) is 37.4 Å². The van der Waals surface area contributed by atoms with E-state index in [1.54, 1.807) is 0 Å². The zero-order chi connectivity index (χ0) is 12.3. The number of rotatable bonds is 5. The molecule has 0 radical (unpaired) electrons. The summed E-state index contributed by atoms with van der Waals surface area (Å²) in [4.78, 5) is 14.2. The zero-order valence-electron chi connectivity index (χ0n) is 10.3. The van der Waals surface area contributed by atoms with Crippen LogP contribution in [0.4, 0.5) is 0 Å². The van der Waals surface area contributed by atoms with E-state index in [9.17, 15) is 4.79 Å². The molecular weight excluding hydrogens is 216 g/mol. The summed E-state index contributed by atoms with van der Waals surface area (Å²) in [7, 11) is 1.89. The average molecular weight is 236 g/mol. The molecule has 1 saturated heterocycles. The van der Waals surface area contributed by atoms with E-state index in [1.807, 2.05) is 29.9 Å². The largest absolute Gasteiger partial charge is 0.396 e. The lowest BCUT2D eigenvalue weighted by molar-refractivity contribution is 0.0934. The molecule has 0 amide bonds. The van der Waals surface area contributed by atoms with Gasteiger partial charge in [-0.3, -0.25) is 9.69 Å². The molecule has 1 aliphatic rings. The van der Waals surface area contributed by atoms with Crippen molar-refractivity contribution in [2.45, 2.75) is 12.8 Å². The standard InChI is InChI=1S/C13H20N2O2/c1-14-6-2-3-12(14)13(17)10-15-7-4-11(9-15)5-8-16/h2-3,6,11,16H,4-5,7-10H2,1H3. The number of Topliss-reactive ketones (excluding diaryl/α,β-unsaturated/α-hetero) is 1. The van der Waals surface area contributed by atoms with Gasteiger partial charge in [-0.1, -0.05) is 0 Å². The molecule has 1 aromatic heterocycles. The van der Waals surface area contributed by atoms with E-state index in [2.05, 4.69) is 4.90 Å². The Morgan fingerprint density at radius 2 is 2.41 bits per heavy atom. The number of hydrogen-bond acceptors (Lipinski definition) is 3. The SMILES string of the molecule is Cn1cccc1C(=O)CN1CCC(CCO)C1. The minimum atomic E-state index is 0.183. The number of carbonyl (C=O) groups is 1. The fraction of sp³-hybridized carbons (Fsp3) is 0.615. The van der Waals surface area contributed by atoms with Gasteiger partial charge in [-0.15, -0.1) is 0 Å². The van der Waals surface area contributed by atoms with Crippen molar-refractivity contribution in [1.82, 2.24) is 9.47 Å². The fourth-order valence-corrected chi connectivity index (χ4v) is 2.51. The molecule has 1 unspecified atom stereocenters. The first kappa shape index (κ1) is 12.3. The second-order valence-corrected chi connectivity index (χ2v) is 4.83. The van der Waals surface area contributed by atoms with Gasteiger partial charge in [0, 0.05) is 26.4 Å². The van der Waals surface area contributed by atoms with Gasteiger partial charge in [0.1, 0.15) is 0 Å². The van der Waals surface area contributed by atoms with E-state index in [0.717, 1.165) is 31.6 Å². The monoisotopic (exact) mass is 236 g/mol. The topological polar surface area (TPSA) is 45.5 Å². The maximum atomic E-state index is 12.0. The van der Waals surface area contributed by atoms with Gasteiger partial charge < -0.3 is 9.67 Å². The number of hydrogen-bond donors (Lipinski definition) is 1. The molecule has 2 rings (SSSR count). The number of aromatic nitrogens is 1. The highest BCUT2D eigenvalue weighted by molar-refractivity contribution is 5.96. The molecule has 1 atom stereocenters. The number of carbonyl (C=O) groups excluding carboxylic acids is 1. The first-order valence-corrected chi connectivity index (χ1v) is 6.18. The van der Waals surface area contributed by atoms with Crippen LogP contribution < -0.4 is 0 Å². The molecule has 1 N–H and O–H groups in total. The lowest BCUT2D eigenvalue weighted by Crippen LogP contribution is -2.28. The predicted molar refractivity (Wildman–Crippen MR) is 66.0 cm³/mol. The third kappa shape index (κ3) is 2.96. The van der Waals surface area contributed by atoms with Crippen molar-refractivity contribution >= 4 is 5.78 Å². The van der Waals surface area contributed by atoms with Gasteiger partial charge in [-0.2, -0.15) is 0 Å². The Bertz CT molecular complexity index is 387. The molecule has 4 nitrogen and oxygen atoms in total. The highest BCUT2D eigenvalue weighted by Crippen LogP contribution is 2.19. The van der Waals surface area contributed by atoms with Crippen LogP contribution in [0.2, 0.25) is 0 Å². The Morgan fingerprint density at radius 1 is 1.59 bits per heavy atom. The molecule has 17 heavy (non-hydrogen) atoms. The molecule has 4 heteroatoms. The van der Waals surface area contributed by atoms with Gasteiger partial charge >= 0.3 is 0 Å². The zero-order valence-corrected chi connectivity index (χ0v) is 10.3. The first-order chi connectivity index (χ1) is 8.20. The van der Waals surface area contributed by atoms with Crippen molar-refractivity contribution in [3.05, 3.63) is 24.0 Å². The van der Waals surface area contributed by atoms with E-state index in [1.165, 1.54) is 0 Å². The minimum Gasteiger partial charge on any atom is -0.396 e. The van der Waals surface area contributed by atoms with Crippen LogP contribution in [0.5, 0.6) is 0 Å². The van der Waals surface area contributed by atoms with Crippen LogP contribution >= 0.6 is 0 Å². The second kappa shape index (κ2) is 5.47. The Morgan fingerprint density at radius 3 is 3.06 bits per heavy atom. The van der Waals surface area contributed by atoms with Crippen LogP contribution in [0.3, 0.4) is 0 Å². The summed E-state index contributed by atoms with van der Waals surface area (Å²) in [6.07, 6.45) is 3.85. The third-order valence-corrected chi connectivity index (χ3v) is 3.50. The second-order valence-electron chi connectivity index (χ2n) is 4.83. The van der Waals surface area contributed by atoms with Gasteiger partial charge in [-0.25, -0.2) is 0 Å². The smallest absolute Gasteiger partial charge is 0.193 e. The van der Waals surface area contributed by atoms with Crippen LogP contribution in [-0.2, 0) is 7.05 Å². The normalized spacial score (nSPS) is 20.9. The van der Waals surface area contributed by atoms with E-state index < -0.39 is 0 Å². The van der Waals surface area contributed by atoms with Crippen LogP contribution in [0.1, 0.15) is 23.3 Å². The average Bonchev–Trinajstić information content (AvgIpc) is 2.88. The first-order valence-electron chi connectivity index (χ1n) is 6.18. The molecule has 0 saturated carbocycles. The number of aryl methyl sites for hydroxylation is 1. The molecule has 0 aromatic carbocycles. The van der Waals surface area contributed by atoms with E-state index in [0.29, 0.717) is 12.5 Å². The summed E-state index contributed by atoms with van der Waals surface area (Å²) >= 11 is 0. The number of nitrogens with zero attached hydrogens (tertiary/aromatic N) is 2. The van der Waals surface area contributed by atoms with E-state index in [-0.39, 0.29) is 12.4 Å². The van der Waals surface area contributed by atoms with Crippen LogP contribution in [-0.4, -0.2) is 46.6 Å². The summed E-state index contributed by atoms with van der Waals surface area (Å²) in [6, 6.07) is 3.76. The maximum Gasteiger partial charge on any atom is 0.193 e. The van der Waals surface area contributed by atoms with Gasteiger partial charge in [0.15, 0.2) is 5.78 Å². The molecule has 0 aliphatic carbocycles. The summed E-state index contributed by atoms with van der Waals surface area (Å²) in [5, 5.41) is 8.89. The maximum absolute atomic E-state index is 12.0. The Hall–Kier alpha value is -1.13. The highest BCUT2D eigenvalue weighted by Gasteiger charge is 2.24. The van der Waals surface area contributed by atoms with Crippen molar-refractivity contribution in [3.8, 4) is 0 Å². The van der Waals surface area contributed by atoms with Gasteiger partial charge in [0.05, 0.1) is 12.2 Å². The molecule has 1 aliphatic heterocycles. The van der Waals surface area contributed by atoms with E-state index >= 15 is 0 Å². The summed E-state index contributed by atoms with van der Waals surface area (Å²) in [5.41, 5.74) is 0.774. The fourth-order valence-electron chi connectivity index (χ4n) is 2.51. The van der Waals surface area contributed by atoms with Crippen molar-refractivity contribution in [2.75, 3.05) is 26.2 Å². The Kier molecular flexibility index (Phi) is 3.97. The predicted octanol–water partition coefficient (Wildman–Crippen LogP) is 0.912. The van der Waals surface area contributed by atoms with Crippen molar-refractivity contribution < 1.29 is 9.90 Å². The quantitative estimate of drug-likeness (QED) is 0.773. The van der Waals surface area contributed by atoms with Crippen molar-refractivity contribution in [1.29, 1.82) is 0 Å². The highest BCUT2D eigenvalue weighted by atomic mass is 16.3. The molecular formula is C13H20N2O2. The minimum absolute atomic E-state index is 0.183. The molecule has 0 spiro atoms. The molecule has 1 fully saturated rings. The number of ketones is 1. The molecule has 2 heterocycles. The van der Waals surface area contributed by atoms with Crippen molar-refractivity contribution in [2.24, 2.45) is 13.0 Å². The lowest BCUT2D eigenvalue weighted by Gasteiger charge is -2.15. The Balaban J connectivity index is 1.86. The van der Waals surface area contributed by atoms with Crippen LogP contribution in [0, 0.1) is 5.92 Å². The van der Waals surface area contributed by atoms with Crippen LogP contribution in [0.15, 0.2) is 18.3 Å². The summed E-state index contributed by atoms with van der Waals surface area (Å²) in [5.74, 6) is 0.739. The third-order valence-electron chi connectivity index (χ3n) is 3.50. The number of likely N-dealkylation sites (tertiary alicyclic amines) is 1. The van der Waals surface area contributed by atoms with Gasteiger partial charge in [0.25, 0.3) is 0 Å². The number of aliphatic hydroxyl groups excluding tert-OH is 1. The Labute approximate surface area is 102 Å². The molecule has 0 bridgehead atoms. The number of aliphatic hydroxyl groups is 1. The summed E-state index contributed by atoms with van der Waals surface area (Å²) < 4.78 is 1.86. The van der Waals surface area contributed by atoms with Crippen LogP contribution in [0.25, 0.3) is 0 Å².